The van der Waals surface area contributed by atoms with Gasteiger partial charge in [-0.05, 0) is 43.5 Å². The molecule has 6 heteroatoms. The first-order valence-electron chi connectivity index (χ1n) is 7.98. The number of hydrogen-bond acceptors (Lipinski definition) is 4. The molecule has 0 bridgehead atoms. The van der Waals surface area contributed by atoms with Crippen molar-refractivity contribution in [1.82, 2.24) is 4.90 Å². The molecular formula is C17H21NO5. The molecule has 1 fully saturated rings. The lowest BCUT2D eigenvalue weighted by Crippen LogP contribution is -2.40. The summed E-state index contributed by atoms with van der Waals surface area (Å²) in [4.78, 5) is 25.3. The Morgan fingerprint density at radius 3 is 2.91 bits per heavy atom. The lowest BCUT2D eigenvalue weighted by molar-refractivity contribution is -0.141. The number of nitrogens with zero attached hydrogens (tertiary/aromatic N) is 1. The number of aliphatic carboxylic acids is 1. The van der Waals surface area contributed by atoms with E-state index in [4.69, 9.17) is 14.6 Å². The van der Waals surface area contributed by atoms with Crippen LogP contribution in [0.15, 0.2) is 18.2 Å². The molecule has 1 amide bonds. The van der Waals surface area contributed by atoms with E-state index in [2.05, 4.69) is 0 Å². The topological polar surface area (TPSA) is 76.1 Å². The molecule has 23 heavy (non-hydrogen) atoms. The van der Waals surface area contributed by atoms with Gasteiger partial charge < -0.3 is 19.5 Å². The summed E-state index contributed by atoms with van der Waals surface area (Å²) in [7, 11) is 0. The van der Waals surface area contributed by atoms with Gasteiger partial charge in [-0.3, -0.25) is 9.59 Å². The molecule has 124 valence electrons. The van der Waals surface area contributed by atoms with Crippen LogP contribution in [0.25, 0.3) is 0 Å². The van der Waals surface area contributed by atoms with Crippen LogP contribution in [0.4, 0.5) is 0 Å². The van der Waals surface area contributed by atoms with Crippen LogP contribution in [0, 0.1) is 11.8 Å². The van der Waals surface area contributed by atoms with Crippen molar-refractivity contribution in [2.24, 2.45) is 11.8 Å². The van der Waals surface area contributed by atoms with E-state index in [0.717, 1.165) is 17.1 Å². The van der Waals surface area contributed by atoms with Crippen LogP contribution < -0.4 is 9.47 Å². The molecule has 2 aliphatic rings. The lowest BCUT2D eigenvalue weighted by atomic mass is 9.95. The van der Waals surface area contributed by atoms with Gasteiger partial charge in [0.05, 0.1) is 18.4 Å². The van der Waals surface area contributed by atoms with Crippen molar-refractivity contribution in [3.8, 4) is 11.5 Å². The Kier molecular flexibility index (Phi) is 4.41. The molecule has 0 radical (unpaired) electrons. The van der Waals surface area contributed by atoms with Crippen LogP contribution in [-0.4, -0.2) is 48.2 Å². The van der Waals surface area contributed by atoms with Crippen LogP contribution in [0.3, 0.4) is 0 Å². The Balaban J connectivity index is 1.68. The quantitative estimate of drug-likeness (QED) is 0.911. The average Bonchev–Trinajstić information content (AvgIpc) is 3.04. The van der Waals surface area contributed by atoms with Crippen LogP contribution in [0.2, 0.25) is 0 Å². The first kappa shape index (κ1) is 15.6. The SMILES string of the molecule is CCOc1ccc2c(c1)C[C@H](C(=O)N1CC[C@@H](C(=O)O)C1)CO2. The van der Waals surface area contributed by atoms with Gasteiger partial charge in [0.15, 0.2) is 0 Å². The van der Waals surface area contributed by atoms with E-state index in [-0.39, 0.29) is 11.8 Å². The van der Waals surface area contributed by atoms with Gasteiger partial charge in [0.25, 0.3) is 0 Å². The largest absolute Gasteiger partial charge is 0.494 e. The summed E-state index contributed by atoms with van der Waals surface area (Å²) < 4.78 is 11.2. The third-order valence-electron chi connectivity index (χ3n) is 4.45. The van der Waals surface area contributed by atoms with E-state index in [1.54, 1.807) is 4.90 Å². The molecule has 6 nitrogen and oxygen atoms in total. The third-order valence-corrected chi connectivity index (χ3v) is 4.45. The lowest BCUT2D eigenvalue weighted by Gasteiger charge is -2.28. The fraction of sp³-hybridized carbons (Fsp3) is 0.529. The number of hydrogen-bond donors (Lipinski definition) is 1. The highest BCUT2D eigenvalue weighted by Gasteiger charge is 2.35. The number of amides is 1. The fourth-order valence-electron chi connectivity index (χ4n) is 3.21. The molecule has 2 heterocycles. The second-order valence-corrected chi connectivity index (χ2v) is 6.02. The third kappa shape index (κ3) is 3.25. The fourth-order valence-corrected chi connectivity index (χ4v) is 3.21. The number of benzene rings is 1. The molecule has 0 aliphatic carbocycles. The monoisotopic (exact) mass is 319 g/mol. The van der Waals surface area contributed by atoms with Gasteiger partial charge in [-0.25, -0.2) is 0 Å². The van der Waals surface area contributed by atoms with Crippen LogP contribution in [0.5, 0.6) is 11.5 Å². The van der Waals surface area contributed by atoms with Gasteiger partial charge in [0.2, 0.25) is 5.91 Å². The molecule has 0 aromatic heterocycles. The van der Waals surface area contributed by atoms with Crippen LogP contribution >= 0.6 is 0 Å². The van der Waals surface area contributed by atoms with Gasteiger partial charge in [-0.15, -0.1) is 0 Å². The van der Waals surface area contributed by atoms with Crippen molar-refractivity contribution in [3.63, 3.8) is 0 Å². The zero-order valence-corrected chi connectivity index (χ0v) is 13.2. The van der Waals surface area contributed by atoms with Crippen molar-refractivity contribution in [2.75, 3.05) is 26.3 Å². The summed E-state index contributed by atoms with van der Waals surface area (Å²) in [6.45, 7) is 3.67. The van der Waals surface area contributed by atoms with Crippen LogP contribution in [-0.2, 0) is 16.0 Å². The normalized spacial score (nSPS) is 23.1. The zero-order valence-electron chi connectivity index (χ0n) is 13.2. The van der Waals surface area contributed by atoms with E-state index in [9.17, 15) is 9.59 Å². The minimum atomic E-state index is -0.827. The minimum Gasteiger partial charge on any atom is -0.494 e. The maximum Gasteiger partial charge on any atom is 0.308 e. The number of carboxylic acid groups (broad SMARTS) is 1. The number of carboxylic acids is 1. The summed E-state index contributed by atoms with van der Waals surface area (Å²) in [6.07, 6.45) is 1.13. The van der Waals surface area contributed by atoms with Crippen molar-refractivity contribution in [3.05, 3.63) is 23.8 Å². The Bertz CT molecular complexity index is 615. The van der Waals surface area contributed by atoms with Gasteiger partial charge in [0, 0.05) is 13.1 Å². The number of carbonyl (C=O) groups excluding carboxylic acids is 1. The average molecular weight is 319 g/mol. The number of carbonyl (C=O) groups is 2. The Labute approximate surface area is 135 Å². The molecule has 0 unspecified atom stereocenters. The minimum absolute atomic E-state index is 0.0128. The molecule has 1 aromatic carbocycles. The van der Waals surface area contributed by atoms with Gasteiger partial charge in [-0.1, -0.05) is 0 Å². The highest BCUT2D eigenvalue weighted by atomic mass is 16.5. The predicted octanol–water partition coefficient (Wildman–Crippen LogP) is 1.57. The molecule has 0 saturated carbocycles. The van der Waals surface area contributed by atoms with Crippen molar-refractivity contribution >= 4 is 11.9 Å². The predicted molar refractivity (Wildman–Crippen MR) is 82.6 cm³/mol. The number of likely N-dealkylation sites (tertiary alicyclic amines) is 1. The second kappa shape index (κ2) is 6.48. The van der Waals surface area contributed by atoms with Gasteiger partial charge >= 0.3 is 5.97 Å². The van der Waals surface area contributed by atoms with E-state index in [1.807, 2.05) is 25.1 Å². The molecule has 2 aliphatic heterocycles. The molecule has 3 rings (SSSR count). The number of fused-ring (bicyclic) bond motifs is 1. The van der Waals surface area contributed by atoms with E-state index >= 15 is 0 Å². The van der Waals surface area contributed by atoms with Crippen molar-refractivity contribution in [2.45, 2.75) is 19.8 Å². The second-order valence-electron chi connectivity index (χ2n) is 6.02. The summed E-state index contributed by atoms with van der Waals surface area (Å²) >= 11 is 0. The highest BCUT2D eigenvalue weighted by Crippen LogP contribution is 2.32. The van der Waals surface area contributed by atoms with E-state index < -0.39 is 11.9 Å². The van der Waals surface area contributed by atoms with Gasteiger partial charge in [-0.2, -0.15) is 0 Å². The Morgan fingerprint density at radius 2 is 2.22 bits per heavy atom. The summed E-state index contributed by atoms with van der Waals surface area (Å²) in [6, 6.07) is 5.65. The molecule has 2 atom stereocenters. The summed E-state index contributed by atoms with van der Waals surface area (Å²) in [5.74, 6) is 0.0257. The number of rotatable bonds is 4. The molecule has 0 spiro atoms. The van der Waals surface area contributed by atoms with E-state index in [1.165, 1.54) is 0 Å². The molecular weight excluding hydrogens is 298 g/mol. The standard InChI is InChI=1S/C17H21NO5/c1-2-22-14-3-4-15-12(8-14)7-13(10-23-15)16(19)18-6-5-11(9-18)17(20)21/h3-4,8,11,13H,2,5-7,9-10H2,1H3,(H,20,21)/t11-,13+/m1/s1. The number of ether oxygens (including phenoxy) is 2. The van der Waals surface area contributed by atoms with Crippen molar-refractivity contribution in [1.29, 1.82) is 0 Å². The smallest absolute Gasteiger partial charge is 0.308 e. The molecule has 1 saturated heterocycles. The summed E-state index contributed by atoms with van der Waals surface area (Å²) in [5.41, 5.74) is 0.967. The van der Waals surface area contributed by atoms with Gasteiger partial charge in [0.1, 0.15) is 18.1 Å². The first-order chi connectivity index (χ1) is 11.1. The van der Waals surface area contributed by atoms with E-state index in [0.29, 0.717) is 39.1 Å². The first-order valence-corrected chi connectivity index (χ1v) is 7.98. The molecule has 1 aromatic rings. The maximum absolute atomic E-state index is 12.6. The van der Waals surface area contributed by atoms with Crippen LogP contribution in [0.1, 0.15) is 18.9 Å². The Hall–Kier alpha value is -2.24. The Morgan fingerprint density at radius 1 is 1.39 bits per heavy atom. The van der Waals surface area contributed by atoms with Crippen molar-refractivity contribution < 1.29 is 24.2 Å². The summed E-state index contributed by atoms with van der Waals surface area (Å²) in [5, 5.41) is 9.06. The zero-order chi connectivity index (χ0) is 16.4. The highest BCUT2D eigenvalue weighted by molar-refractivity contribution is 5.81. The molecule has 1 N–H and O–H groups in total. The maximum atomic E-state index is 12.6.